The van der Waals surface area contributed by atoms with Crippen molar-refractivity contribution >= 4 is 41.6 Å². The molecule has 0 bridgehead atoms. The number of likely N-dealkylation sites (tertiary alicyclic amines) is 1. The number of hydrogen-bond acceptors (Lipinski definition) is 3. The molecular weight excluding hydrogens is 402 g/mol. The zero-order valence-corrected chi connectivity index (χ0v) is 16.5. The second-order valence-electron chi connectivity index (χ2n) is 7.17. The Balaban J connectivity index is 0.00000182. The number of benzene rings is 1. The van der Waals surface area contributed by atoms with Crippen molar-refractivity contribution in [3.63, 3.8) is 0 Å². The molecule has 4 nitrogen and oxygen atoms in total. The van der Waals surface area contributed by atoms with Gasteiger partial charge in [0.1, 0.15) is 0 Å². The fourth-order valence-corrected chi connectivity index (χ4v) is 3.33. The third-order valence-corrected chi connectivity index (χ3v) is 4.89. The van der Waals surface area contributed by atoms with Crippen LogP contribution in [0, 0.1) is 5.41 Å². The summed E-state index contributed by atoms with van der Waals surface area (Å²) in [6.45, 7) is 4.49. The van der Waals surface area contributed by atoms with Crippen LogP contribution in [0.3, 0.4) is 0 Å². The second kappa shape index (κ2) is 8.20. The van der Waals surface area contributed by atoms with Crippen LogP contribution < -0.4 is 5.73 Å². The van der Waals surface area contributed by atoms with Crippen LogP contribution in [0.5, 0.6) is 0 Å². The summed E-state index contributed by atoms with van der Waals surface area (Å²) < 4.78 is 41.1. The van der Waals surface area contributed by atoms with E-state index in [1.165, 1.54) is 23.1 Å². The number of amides is 1. The number of carbonyl (C=O) groups is 1. The highest BCUT2D eigenvalue weighted by molar-refractivity contribution is 6.00. The first-order valence-corrected chi connectivity index (χ1v) is 8.11. The van der Waals surface area contributed by atoms with E-state index in [9.17, 15) is 18.0 Å². The monoisotopic (exact) mass is 423 g/mol. The fourth-order valence-electron chi connectivity index (χ4n) is 3.33. The molecule has 1 aliphatic heterocycles. The van der Waals surface area contributed by atoms with Gasteiger partial charge in [0.25, 0.3) is 5.91 Å². The third-order valence-electron chi connectivity index (χ3n) is 4.89. The highest BCUT2D eigenvalue weighted by atomic mass is 35.5. The highest BCUT2D eigenvalue weighted by Gasteiger charge is 2.41. The van der Waals surface area contributed by atoms with Gasteiger partial charge >= 0.3 is 6.18 Å². The van der Waals surface area contributed by atoms with Gasteiger partial charge in [-0.05, 0) is 17.9 Å². The van der Waals surface area contributed by atoms with Gasteiger partial charge in [-0.15, -0.1) is 24.8 Å². The summed E-state index contributed by atoms with van der Waals surface area (Å²) in [7, 11) is 0. The predicted molar refractivity (Wildman–Crippen MR) is 104 cm³/mol. The van der Waals surface area contributed by atoms with E-state index >= 15 is 0 Å². The summed E-state index contributed by atoms with van der Waals surface area (Å²) in [6.07, 6.45) is -3.05. The average Bonchev–Trinajstić information content (AvgIpc) is 2.54. The molecule has 0 radical (unpaired) electrons. The van der Waals surface area contributed by atoms with E-state index in [2.05, 4.69) is 4.98 Å². The number of rotatable bonds is 1. The van der Waals surface area contributed by atoms with Crippen molar-refractivity contribution in [2.75, 3.05) is 13.1 Å². The Morgan fingerprint density at radius 2 is 1.89 bits per heavy atom. The standard InChI is InChI=1S/C18H20F3N3O.2ClH/c1-17(2)10-24(8-7-14(17)22)16(25)12-9-23-13-6-4-3-5-11(13)15(12)18(19,20)21;;/h3-6,9,14H,7-8,10,22H2,1-2H3;2*1H. The largest absolute Gasteiger partial charge is 0.417 e. The van der Waals surface area contributed by atoms with Crippen molar-refractivity contribution in [3.8, 4) is 0 Å². The van der Waals surface area contributed by atoms with Gasteiger partial charge in [0.2, 0.25) is 0 Å². The van der Waals surface area contributed by atoms with E-state index in [4.69, 9.17) is 5.73 Å². The number of fused-ring (bicyclic) bond motifs is 1. The van der Waals surface area contributed by atoms with E-state index in [1.807, 2.05) is 13.8 Å². The van der Waals surface area contributed by atoms with Crippen molar-refractivity contribution in [1.82, 2.24) is 9.88 Å². The molecule has 9 heteroatoms. The SMILES string of the molecule is CC1(C)CN(C(=O)c2cnc3ccccc3c2C(F)(F)F)CCC1N.Cl.Cl. The Morgan fingerprint density at radius 3 is 2.48 bits per heavy atom. The summed E-state index contributed by atoms with van der Waals surface area (Å²) in [5, 5.41) is -0.0613. The zero-order chi connectivity index (χ0) is 18.4. The topological polar surface area (TPSA) is 59.2 Å². The normalized spacial score (nSPS) is 19.2. The number of aromatic nitrogens is 1. The number of alkyl halides is 3. The number of carbonyl (C=O) groups excluding carboxylic acids is 1. The van der Waals surface area contributed by atoms with Crippen molar-refractivity contribution in [3.05, 3.63) is 41.6 Å². The molecule has 3 rings (SSSR count). The molecule has 2 heterocycles. The molecule has 150 valence electrons. The van der Waals surface area contributed by atoms with Crippen LogP contribution in [0.4, 0.5) is 13.2 Å². The molecule has 0 aliphatic carbocycles. The van der Waals surface area contributed by atoms with Gasteiger partial charge in [-0.25, -0.2) is 0 Å². The van der Waals surface area contributed by atoms with Crippen molar-refractivity contribution in [2.45, 2.75) is 32.5 Å². The fraction of sp³-hybridized carbons (Fsp3) is 0.444. The summed E-state index contributed by atoms with van der Waals surface area (Å²) in [5.41, 5.74) is 4.60. The lowest BCUT2D eigenvalue weighted by atomic mass is 9.79. The predicted octanol–water partition coefficient (Wildman–Crippen LogP) is 4.30. The molecule has 0 spiro atoms. The Kier molecular flexibility index (Phi) is 7.13. The van der Waals surface area contributed by atoms with Crippen LogP contribution in [0.15, 0.2) is 30.5 Å². The molecule has 1 aliphatic rings. The summed E-state index contributed by atoms with van der Waals surface area (Å²) in [5.74, 6) is -0.648. The summed E-state index contributed by atoms with van der Waals surface area (Å²) in [6, 6.07) is 5.88. The first-order chi connectivity index (χ1) is 11.6. The van der Waals surface area contributed by atoms with Gasteiger partial charge in [0.15, 0.2) is 0 Å². The Labute approximate surface area is 168 Å². The molecular formula is C18H22Cl2F3N3O. The number of hydrogen-bond donors (Lipinski definition) is 1. The average molecular weight is 424 g/mol. The van der Waals surface area contributed by atoms with E-state index < -0.39 is 23.2 Å². The Morgan fingerprint density at radius 1 is 1.26 bits per heavy atom. The Hall–Kier alpha value is -1.57. The van der Waals surface area contributed by atoms with Crippen LogP contribution in [-0.2, 0) is 6.18 Å². The quantitative estimate of drug-likeness (QED) is 0.743. The van der Waals surface area contributed by atoms with Gasteiger partial charge in [-0.1, -0.05) is 32.0 Å². The number of halogens is 5. The van der Waals surface area contributed by atoms with E-state index in [-0.39, 0.29) is 47.2 Å². The summed E-state index contributed by atoms with van der Waals surface area (Å²) >= 11 is 0. The number of piperidine rings is 1. The third kappa shape index (κ3) is 4.47. The molecule has 1 atom stereocenters. The molecule has 1 saturated heterocycles. The molecule has 1 amide bonds. The lowest BCUT2D eigenvalue weighted by molar-refractivity contribution is -0.136. The Bertz CT molecular complexity index is 827. The van der Waals surface area contributed by atoms with Crippen molar-refractivity contribution < 1.29 is 18.0 Å². The van der Waals surface area contributed by atoms with Gasteiger partial charge in [0.05, 0.1) is 16.6 Å². The smallest absolute Gasteiger partial charge is 0.338 e. The van der Waals surface area contributed by atoms with E-state index in [1.54, 1.807) is 6.07 Å². The number of para-hydroxylation sites is 1. The van der Waals surface area contributed by atoms with E-state index in [0.717, 1.165) is 6.20 Å². The first kappa shape index (κ1) is 23.5. The lowest BCUT2D eigenvalue weighted by Crippen LogP contribution is -2.54. The number of nitrogens with zero attached hydrogens (tertiary/aromatic N) is 2. The van der Waals surface area contributed by atoms with Crippen LogP contribution in [-0.4, -0.2) is 34.9 Å². The maximum absolute atomic E-state index is 13.7. The maximum Gasteiger partial charge on any atom is 0.417 e. The zero-order valence-electron chi connectivity index (χ0n) is 14.9. The molecule has 2 N–H and O–H groups in total. The first-order valence-electron chi connectivity index (χ1n) is 8.11. The molecule has 1 aromatic heterocycles. The number of pyridine rings is 1. The molecule has 1 aromatic carbocycles. The lowest BCUT2D eigenvalue weighted by Gasteiger charge is -2.42. The number of nitrogens with two attached hydrogens (primary N) is 1. The van der Waals surface area contributed by atoms with E-state index in [0.29, 0.717) is 19.5 Å². The van der Waals surface area contributed by atoms with Crippen LogP contribution in [0.2, 0.25) is 0 Å². The maximum atomic E-state index is 13.7. The summed E-state index contributed by atoms with van der Waals surface area (Å²) in [4.78, 5) is 18.3. The molecule has 1 fully saturated rings. The molecule has 2 aromatic rings. The van der Waals surface area contributed by atoms with Crippen molar-refractivity contribution in [1.29, 1.82) is 0 Å². The van der Waals surface area contributed by atoms with Crippen LogP contribution in [0.25, 0.3) is 10.9 Å². The van der Waals surface area contributed by atoms with Gasteiger partial charge < -0.3 is 10.6 Å². The minimum atomic E-state index is -4.64. The minimum Gasteiger partial charge on any atom is -0.338 e. The van der Waals surface area contributed by atoms with Crippen LogP contribution in [0.1, 0.15) is 36.2 Å². The van der Waals surface area contributed by atoms with Gasteiger partial charge in [-0.3, -0.25) is 9.78 Å². The second-order valence-corrected chi connectivity index (χ2v) is 7.17. The van der Waals surface area contributed by atoms with Crippen molar-refractivity contribution in [2.24, 2.45) is 11.1 Å². The molecule has 27 heavy (non-hydrogen) atoms. The molecule has 0 saturated carbocycles. The van der Waals surface area contributed by atoms with Crippen LogP contribution >= 0.6 is 24.8 Å². The highest BCUT2D eigenvalue weighted by Crippen LogP contribution is 2.38. The molecule has 1 unspecified atom stereocenters. The van der Waals surface area contributed by atoms with Gasteiger partial charge in [-0.2, -0.15) is 13.2 Å². The minimum absolute atomic E-state index is 0. The van der Waals surface area contributed by atoms with Gasteiger partial charge in [0, 0.05) is 30.7 Å².